The molecule has 1 amide bonds. The fraction of sp³-hybridized carbons (Fsp3) is 0.562. The lowest BCUT2D eigenvalue weighted by molar-refractivity contribution is -0.132. The van der Waals surface area contributed by atoms with Crippen LogP contribution >= 0.6 is 0 Å². The lowest BCUT2D eigenvalue weighted by Gasteiger charge is -2.24. The summed E-state index contributed by atoms with van der Waals surface area (Å²) in [6.07, 6.45) is 5.80. The van der Waals surface area contributed by atoms with Crippen molar-refractivity contribution in [2.75, 3.05) is 20.1 Å². The van der Waals surface area contributed by atoms with Crippen molar-refractivity contribution in [1.29, 1.82) is 0 Å². The van der Waals surface area contributed by atoms with Gasteiger partial charge >= 0.3 is 0 Å². The number of hydrogen-bond donors (Lipinski definition) is 0. The van der Waals surface area contributed by atoms with Gasteiger partial charge in [-0.15, -0.1) is 0 Å². The molecule has 3 rings (SSSR count). The predicted molar refractivity (Wildman–Crippen MR) is 84.5 cm³/mol. The van der Waals surface area contributed by atoms with Crippen LogP contribution in [0.1, 0.15) is 35.9 Å². The number of carbonyl (C=O) groups excluding carboxylic acids is 1. The van der Waals surface area contributed by atoms with Gasteiger partial charge in [0.15, 0.2) is 5.76 Å². The van der Waals surface area contributed by atoms with Crippen molar-refractivity contribution >= 4 is 5.91 Å². The summed E-state index contributed by atoms with van der Waals surface area (Å²) in [5.41, 5.74) is 1.92. The van der Waals surface area contributed by atoms with Crippen LogP contribution in [0.2, 0.25) is 0 Å². The third-order valence-corrected chi connectivity index (χ3v) is 4.28. The molecule has 0 N–H and O–H groups in total. The van der Waals surface area contributed by atoms with E-state index in [1.54, 1.807) is 15.8 Å². The van der Waals surface area contributed by atoms with Crippen LogP contribution in [0.4, 0.5) is 0 Å². The van der Waals surface area contributed by atoms with E-state index in [1.807, 2.05) is 33.3 Å². The van der Waals surface area contributed by atoms with Gasteiger partial charge in [-0.2, -0.15) is 5.10 Å². The van der Waals surface area contributed by atoms with Crippen LogP contribution in [-0.4, -0.2) is 50.8 Å². The van der Waals surface area contributed by atoms with Crippen molar-refractivity contribution in [1.82, 2.24) is 24.7 Å². The Balaban J connectivity index is 1.60. The lowest BCUT2D eigenvalue weighted by Crippen LogP contribution is -2.37. The zero-order valence-electron chi connectivity index (χ0n) is 13.9. The molecular weight excluding hydrogens is 294 g/mol. The predicted octanol–water partition coefficient (Wildman–Crippen LogP) is 1.51. The molecule has 1 aliphatic heterocycles. The highest BCUT2D eigenvalue weighted by molar-refractivity contribution is 5.78. The number of aromatic nitrogens is 3. The van der Waals surface area contributed by atoms with Gasteiger partial charge in [-0.05, 0) is 26.3 Å². The molecule has 0 aromatic carbocycles. The van der Waals surface area contributed by atoms with Crippen LogP contribution in [0, 0.1) is 6.92 Å². The van der Waals surface area contributed by atoms with Crippen molar-refractivity contribution in [3.8, 4) is 0 Å². The summed E-state index contributed by atoms with van der Waals surface area (Å²) in [6, 6.07) is 2.12. The summed E-state index contributed by atoms with van der Waals surface area (Å²) in [7, 11) is 3.71. The number of rotatable bonds is 5. The van der Waals surface area contributed by atoms with E-state index in [1.165, 1.54) is 0 Å². The smallest absolute Gasteiger partial charge is 0.236 e. The molecule has 0 radical (unpaired) electrons. The number of amides is 1. The molecular formula is C16H23N5O2. The second-order valence-corrected chi connectivity index (χ2v) is 6.27. The first-order chi connectivity index (χ1) is 11.0. The zero-order chi connectivity index (χ0) is 16.4. The highest BCUT2D eigenvalue weighted by Gasteiger charge is 2.31. The number of likely N-dealkylation sites (N-methyl/N-ethyl adjacent to an activating group) is 1. The second kappa shape index (κ2) is 6.54. The van der Waals surface area contributed by atoms with Crippen molar-refractivity contribution < 1.29 is 9.32 Å². The van der Waals surface area contributed by atoms with Gasteiger partial charge in [0, 0.05) is 38.5 Å². The quantitative estimate of drug-likeness (QED) is 0.836. The Labute approximate surface area is 135 Å². The van der Waals surface area contributed by atoms with Gasteiger partial charge in [-0.3, -0.25) is 14.4 Å². The lowest BCUT2D eigenvalue weighted by atomic mass is 10.1. The third-order valence-electron chi connectivity index (χ3n) is 4.28. The minimum Gasteiger partial charge on any atom is -0.359 e. The molecule has 1 saturated heterocycles. The third kappa shape index (κ3) is 3.61. The maximum Gasteiger partial charge on any atom is 0.236 e. The van der Waals surface area contributed by atoms with Crippen molar-refractivity contribution in [2.24, 2.45) is 7.05 Å². The van der Waals surface area contributed by atoms with Crippen LogP contribution in [-0.2, 0) is 18.4 Å². The van der Waals surface area contributed by atoms with Gasteiger partial charge in [-0.25, -0.2) is 0 Å². The molecule has 23 heavy (non-hydrogen) atoms. The summed E-state index contributed by atoms with van der Waals surface area (Å²) in [4.78, 5) is 16.4. The van der Waals surface area contributed by atoms with E-state index in [0.29, 0.717) is 13.1 Å². The van der Waals surface area contributed by atoms with Crippen molar-refractivity contribution in [2.45, 2.75) is 32.4 Å². The average molecular weight is 317 g/mol. The van der Waals surface area contributed by atoms with Crippen LogP contribution in [0.5, 0.6) is 0 Å². The maximum atomic E-state index is 12.5. The topological polar surface area (TPSA) is 67.4 Å². The molecule has 2 aromatic heterocycles. The first kappa shape index (κ1) is 15.7. The first-order valence-electron chi connectivity index (χ1n) is 7.91. The van der Waals surface area contributed by atoms with Crippen LogP contribution in [0.25, 0.3) is 0 Å². The minimum absolute atomic E-state index is 0.108. The molecule has 1 fully saturated rings. The number of likely N-dealkylation sites (tertiary alicyclic amines) is 1. The summed E-state index contributed by atoms with van der Waals surface area (Å²) < 4.78 is 7.14. The van der Waals surface area contributed by atoms with E-state index < -0.39 is 0 Å². The Bertz CT molecular complexity index is 678. The van der Waals surface area contributed by atoms with Gasteiger partial charge in [0.2, 0.25) is 5.91 Å². The van der Waals surface area contributed by atoms with Crippen molar-refractivity contribution in [3.05, 3.63) is 35.5 Å². The largest absolute Gasteiger partial charge is 0.359 e. The normalized spacial score (nSPS) is 18.5. The van der Waals surface area contributed by atoms with Crippen LogP contribution in [0.3, 0.4) is 0 Å². The molecule has 1 aliphatic rings. The van der Waals surface area contributed by atoms with Crippen molar-refractivity contribution in [3.63, 3.8) is 0 Å². The average Bonchev–Trinajstić information content (AvgIpc) is 3.21. The van der Waals surface area contributed by atoms with Crippen LogP contribution in [0.15, 0.2) is 23.0 Å². The fourth-order valence-electron chi connectivity index (χ4n) is 3.09. The van der Waals surface area contributed by atoms with E-state index in [2.05, 4.69) is 15.2 Å². The summed E-state index contributed by atoms with van der Waals surface area (Å²) in [6.45, 7) is 3.81. The molecule has 0 unspecified atom stereocenters. The number of aryl methyl sites for hydroxylation is 2. The molecule has 7 heteroatoms. The standard InChI is InChI=1S/C16H23N5O2/c1-12-7-15(23-18-12)14-5-4-6-21(14)11-16(22)19(2)9-13-8-17-20(3)10-13/h7-8,10,14H,4-6,9,11H2,1-3H3/t14-/m0/s1. The van der Waals surface area contributed by atoms with Gasteiger partial charge in [0.25, 0.3) is 0 Å². The molecule has 3 heterocycles. The Morgan fingerprint density at radius 2 is 2.35 bits per heavy atom. The summed E-state index contributed by atoms with van der Waals surface area (Å²) in [5, 5.41) is 8.10. The molecule has 7 nitrogen and oxygen atoms in total. The monoisotopic (exact) mass is 317 g/mol. The molecule has 2 aromatic rings. The van der Waals surface area contributed by atoms with E-state index >= 15 is 0 Å². The van der Waals surface area contributed by atoms with E-state index in [4.69, 9.17) is 4.52 Å². The van der Waals surface area contributed by atoms with Gasteiger partial charge in [0.05, 0.1) is 24.5 Å². The van der Waals surface area contributed by atoms with Gasteiger partial charge < -0.3 is 9.42 Å². The minimum atomic E-state index is 0.108. The first-order valence-corrected chi connectivity index (χ1v) is 7.91. The fourth-order valence-corrected chi connectivity index (χ4v) is 3.09. The Hall–Kier alpha value is -2.15. The molecule has 0 spiro atoms. The Morgan fingerprint density at radius 3 is 3.00 bits per heavy atom. The van der Waals surface area contributed by atoms with E-state index in [-0.39, 0.29) is 11.9 Å². The summed E-state index contributed by atoms with van der Waals surface area (Å²) >= 11 is 0. The molecule has 0 bridgehead atoms. The molecule has 0 aliphatic carbocycles. The molecule has 0 saturated carbocycles. The Kier molecular flexibility index (Phi) is 4.47. The number of hydrogen-bond acceptors (Lipinski definition) is 5. The highest BCUT2D eigenvalue weighted by atomic mass is 16.5. The van der Waals surface area contributed by atoms with E-state index in [0.717, 1.165) is 36.4 Å². The molecule has 1 atom stereocenters. The SMILES string of the molecule is Cc1cc([C@@H]2CCCN2CC(=O)N(C)Cc2cnn(C)c2)on1. The number of carbonyl (C=O) groups is 1. The Morgan fingerprint density at radius 1 is 1.52 bits per heavy atom. The summed E-state index contributed by atoms with van der Waals surface area (Å²) in [5.74, 6) is 0.972. The van der Waals surface area contributed by atoms with E-state index in [9.17, 15) is 4.79 Å². The van der Waals surface area contributed by atoms with Gasteiger partial charge in [0.1, 0.15) is 0 Å². The molecule has 124 valence electrons. The van der Waals surface area contributed by atoms with Crippen LogP contribution < -0.4 is 0 Å². The highest BCUT2D eigenvalue weighted by Crippen LogP contribution is 2.31. The maximum absolute atomic E-state index is 12.5. The zero-order valence-corrected chi connectivity index (χ0v) is 13.9. The van der Waals surface area contributed by atoms with Gasteiger partial charge in [-0.1, -0.05) is 5.16 Å². The number of nitrogens with zero attached hydrogens (tertiary/aromatic N) is 5. The second-order valence-electron chi connectivity index (χ2n) is 6.27.